The molecule has 21 heavy (non-hydrogen) atoms. The zero-order chi connectivity index (χ0) is 15.5. The number of hydrogen-bond donors (Lipinski definition) is 2. The third kappa shape index (κ3) is 6.17. The molecule has 0 saturated carbocycles. The van der Waals surface area contributed by atoms with Gasteiger partial charge in [-0.3, -0.25) is 4.79 Å². The molecule has 1 aromatic rings. The standard InChI is InChI=1S/C15H22N2O2.C2H6/c1-12-2-3-15(10-13(12)4-7-17-11-18)19-14-5-8-16-9-6-14;1-2/h2-3,10-11,14,16H,4-9H2,1H3,(H,17,18);1-2H3. The molecule has 0 aromatic heterocycles. The van der Waals surface area contributed by atoms with E-state index in [4.69, 9.17) is 4.74 Å². The third-order valence-corrected chi connectivity index (χ3v) is 3.53. The Kier molecular flexibility index (Phi) is 8.51. The van der Waals surface area contributed by atoms with Crippen molar-refractivity contribution in [1.82, 2.24) is 10.6 Å². The second kappa shape index (κ2) is 10.2. The molecule has 0 aliphatic carbocycles. The van der Waals surface area contributed by atoms with Gasteiger partial charge >= 0.3 is 0 Å². The molecular weight excluding hydrogens is 264 g/mol. The van der Waals surface area contributed by atoms with E-state index in [2.05, 4.69) is 29.7 Å². The highest BCUT2D eigenvalue weighted by molar-refractivity contribution is 5.46. The fourth-order valence-corrected chi connectivity index (χ4v) is 2.36. The lowest BCUT2D eigenvalue weighted by atomic mass is 10.0. The smallest absolute Gasteiger partial charge is 0.207 e. The SMILES string of the molecule is CC.Cc1ccc(OC2CCNCC2)cc1CCNC=O. The van der Waals surface area contributed by atoms with Crippen LogP contribution in [0.2, 0.25) is 0 Å². The monoisotopic (exact) mass is 292 g/mol. The predicted octanol–water partition coefficient (Wildman–Crippen LogP) is 2.44. The van der Waals surface area contributed by atoms with E-state index in [1.165, 1.54) is 11.1 Å². The van der Waals surface area contributed by atoms with E-state index in [9.17, 15) is 4.79 Å². The summed E-state index contributed by atoms with van der Waals surface area (Å²) in [7, 11) is 0. The van der Waals surface area contributed by atoms with Crippen LogP contribution < -0.4 is 15.4 Å². The molecule has 2 N–H and O–H groups in total. The van der Waals surface area contributed by atoms with Gasteiger partial charge in [0.25, 0.3) is 0 Å². The summed E-state index contributed by atoms with van der Waals surface area (Å²) >= 11 is 0. The summed E-state index contributed by atoms with van der Waals surface area (Å²) in [6.45, 7) is 8.82. The number of benzene rings is 1. The predicted molar refractivity (Wildman–Crippen MR) is 86.8 cm³/mol. The minimum Gasteiger partial charge on any atom is -0.490 e. The number of hydrogen-bond acceptors (Lipinski definition) is 3. The quantitative estimate of drug-likeness (QED) is 0.625. The Morgan fingerprint density at radius 3 is 2.71 bits per heavy atom. The van der Waals surface area contributed by atoms with E-state index < -0.39 is 0 Å². The highest BCUT2D eigenvalue weighted by Gasteiger charge is 2.14. The second-order valence-corrected chi connectivity index (χ2v) is 4.98. The van der Waals surface area contributed by atoms with Crippen LogP contribution in [-0.4, -0.2) is 32.1 Å². The van der Waals surface area contributed by atoms with Crippen LogP contribution in [0.25, 0.3) is 0 Å². The van der Waals surface area contributed by atoms with Crippen molar-refractivity contribution in [3.8, 4) is 5.75 Å². The normalized spacial score (nSPS) is 14.8. The molecule has 1 aromatic carbocycles. The molecule has 1 saturated heterocycles. The van der Waals surface area contributed by atoms with E-state index >= 15 is 0 Å². The summed E-state index contributed by atoms with van der Waals surface area (Å²) in [5.74, 6) is 0.943. The molecular formula is C17H28N2O2. The maximum Gasteiger partial charge on any atom is 0.207 e. The molecule has 1 aliphatic rings. The van der Waals surface area contributed by atoms with E-state index in [1.807, 2.05) is 19.9 Å². The van der Waals surface area contributed by atoms with Crippen LogP contribution in [-0.2, 0) is 11.2 Å². The van der Waals surface area contributed by atoms with Crippen LogP contribution in [0.5, 0.6) is 5.75 Å². The molecule has 118 valence electrons. The molecule has 4 nitrogen and oxygen atoms in total. The van der Waals surface area contributed by atoms with Gasteiger partial charge in [0, 0.05) is 6.54 Å². The number of ether oxygens (including phenoxy) is 1. The van der Waals surface area contributed by atoms with Crippen molar-refractivity contribution in [2.45, 2.75) is 46.1 Å². The number of carbonyl (C=O) groups is 1. The van der Waals surface area contributed by atoms with E-state index in [0.717, 1.165) is 44.5 Å². The zero-order valence-corrected chi connectivity index (χ0v) is 13.4. The number of nitrogens with one attached hydrogen (secondary N) is 2. The van der Waals surface area contributed by atoms with Gasteiger partial charge in [-0.05, 0) is 62.5 Å². The maximum atomic E-state index is 10.3. The Morgan fingerprint density at radius 2 is 2.05 bits per heavy atom. The molecule has 1 heterocycles. The molecule has 0 radical (unpaired) electrons. The van der Waals surface area contributed by atoms with Crippen molar-refractivity contribution in [2.75, 3.05) is 19.6 Å². The molecule has 0 unspecified atom stereocenters. The largest absolute Gasteiger partial charge is 0.490 e. The number of carbonyl (C=O) groups excluding carboxylic acids is 1. The fraction of sp³-hybridized carbons (Fsp3) is 0.588. The third-order valence-electron chi connectivity index (χ3n) is 3.53. The van der Waals surface area contributed by atoms with Gasteiger partial charge in [0.05, 0.1) is 0 Å². The summed E-state index contributed by atoms with van der Waals surface area (Å²) < 4.78 is 6.03. The summed E-state index contributed by atoms with van der Waals surface area (Å²) in [6, 6.07) is 6.23. The number of aryl methyl sites for hydroxylation is 1. The lowest BCUT2D eigenvalue weighted by Crippen LogP contribution is -2.34. The minimum absolute atomic E-state index is 0.324. The molecule has 1 amide bonds. The van der Waals surface area contributed by atoms with E-state index in [0.29, 0.717) is 12.6 Å². The molecule has 0 atom stereocenters. The highest BCUT2D eigenvalue weighted by Crippen LogP contribution is 2.21. The van der Waals surface area contributed by atoms with Gasteiger partial charge in [-0.1, -0.05) is 19.9 Å². The molecule has 0 bridgehead atoms. The van der Waals surface area contributed by atoms with Gasteiger partial charge in [-0.2, -0.15) is 0 Å². The highest BCUT2D eigenvalue weighted by atomic mass is 16.5. The van der Waals surface area contributed by atoms with E-state index in [1.54, 1.807) is 0 Å². The van der Waals surface area contributed by atoms with Crippen molar-refractivity contribution in [3.63, 3.8) is 0 Å². The lowest BCUT2D eigenvalue weighted by molar-refractivity contribution is -0.109. The Hall–Kier alpha value is -1.55. The van der Waals surface area contributed by atoms with Crippen LogP contribution in [0.4, 0.5) is 0 Å². The van der Waals surface area contributed by atoms with Gasteiger partial charge in [0.2, 0.25) is 6.41 Å². The Labute approximate surface area is 128 Å². The van der Waals surface area contributed by atoms with Crippen LogP contribution in [0, 0.1) is 6.92 Å². The Balaban J connectivity index is 0.00000106. The molecule has 0 spiro atoms. The summed E-state index contributed by atoms with van der Waals surface area (Å²) in [4.78, 5) is 10.3. The molecule has 1 aliphatic heterocycles. The van der Waals surface area contributed by atoms with Gasteiger partial charge < -0.3 is 15.4 Å². The molecule has 1 fully saturated rings. The summed E-state index contributed by atoms with van der Waals surface area (Å²) in [5.41, 5.74) is 2.48. The Morgan fingerprint density at radius 1 is 1.33 bits per heavy atom. The van der Waals surface area contributed by atoms with Crippen LogP contribution >= 0.6 is 0 Å². The van der Waals surface area contributed by atoms with Gasteiger partial charge in [0.15, 0.2) is 0 Å². The van der Waals surface area contributed by atoms with Gasteiger partial charge in [-0.15, -0.1) is 0 Å². The summed E-state index contributed by atoms with van der Waals surface area (Å²) in [5, 5.41) is 6.03. The topological polar surface area (TPSA) is 50.4 Å². The van der Waals surface area contributed by atoms with Crippen LogP contribution in [0.1, 0.15) is 37.8 Å². The first-order chi connectivity index (χ1) is 10.3. The van der Waals surface area contributed by atoms with Crippen molar-refractivity contribution >= 4 is 6.41 Å². The van der Waals surface area contributed by atoms with Crippen molar-refractivity contribution in [2.24, 2.45) is 0 Å². The van der Waals surface area contributed by atoms with Crippen molar-refractivity contribution in [3.05, 3.63) is 29.3 Å². The zero-order valence-electron chi connectivity index (χ0n) is 13.4. The lowest BCUT2D eigenvalue weighted by Gasteiger charge is -2.24. The van der Waals surface area contributed by atoms with Crippen LogP contribution in [0.15, 0.2) is 18.2 Å². The first-order valence-corrected chi connectivity index (χ1v) is 7.93. The average Bonchev–Trinajstić information content (AvgIpc) is 2.53. The number of amides is 1. The average molecular weight is 292 g/mol. The maximum absolute atomic E-state index is 10.3. The number of piperidine rings is 1. The van der Waals surface area contributed by atoms with E-state index in [-0.39, 0.29) is 0 Å². The number of rotatable bonds is 6. The first kappa shape index (κ1) is 17.5. The molecule has 2 rings (SSSR count). The van der Waals surface area contributed by atoms with Crippen LogP contribution in [0.3, 0.4) is 0 Å². The van der Waals surface area contributed by atoms with Crippen molar-refractivity contribution < 1.29 is 9.53 Å². The minimum atomic E-state index is 0.324. The van der Waals surface area contributed by atoms with Gasteiger partial charge in [-0.25, -0.2) is 0 Å². The van der Waals surface area contributed by atoms with Crippen molar-refractivity contribution in [1.29, 1.82) is 0 Å². The second-order valence-electron chi connectivity index (χ2n) is 4.98. The fourth-order valence-electron chi connectivity index (χ4n) is 2.36. The molecule has 4 heteroatoms. The summed E-state index contributed by atoms with van der Waals surface area (Å²) in [6.07, 6.45) is 4.04. The first-order valence-electron chi connectivity index (χ1n) is 7.93. The Bertz CT molecular complexity index is 415. The van der Waals surface area contributed by atoms with Gasteiger partial charge in [0.1, 0.15) is 11.9 Å².